The van der Waals surface area contributed by atoms with Crippen molar-refractivity contribution in [2.45, 2.75) is 31.9 Å². The summed E-state index contributed by atoms with van der Waals surface area (Å²) in [5.74, 6) is 0.912. The maximum atomic E-state index is 5.51. The number of hydrogen-bond acceptors (Lipinski definition) is 7. The molecule has 0 spiro atoms. The molecule has 2 aliphatic heterocycles. The van der Waals surface area contributed by atoms with E-state index in [0.29, 0.717) is 6.04 Å². The second kappa shape index (κ2) is 6.18. The monoisotopic (exact) mass is 317 g/mol. The highest BCUT2D eigenvalue weighted by Crippen LogP contribution is 2.31. The molecule has 2 aliphatic rings. The molecule has 0 saturated carbocycles. The minimum absolute atomic E-state index is 0.476. The Balaban J connectivity index is 1.36. The lowest BCUT2D eigenvalue weighted by atomic mass is 10.1. The molecule has 7 heteroatoms. The van der Waals surface area contributed by atoms with Crippen LogP contribution in [0.2, 0.25) is 0 Å². The van der Waals surface area contributed by atoms with Crippen LogP contribution < -0.4 is 10.2 Å². The first-order valence-corrected chi connectivity index (χ1v) is 8.54. The van der Waals surface area contributed by atoms with Gasteiger partial charge in [0.25, 0.3) is 0 Å². The average molecular weight is 317 g/mol. The fraction of sp³-hybridized carbons (Fsp3) is 0.533. The molecule has 0 aromatic carbocycles. The third-order valence-corrected chi connectivity index (χ3v) is 5.31. The van der Waals surface area contributed by atoms with E-state index >= 15 is 0 Å². The first-order chi connectivity index (χ1) is 10.9. The maximum Gasteiger partial charge on any atom is 0.185 e. The minimum Gasteiger partial charge on any atom is -0.375 e. The van der Waals surface area contributed by atoms with Crippen molar-refractivity contribution < 1.29 is 4.74 Å². The summed E-state index contributed by atoms with van der Waals surface area (Å²) in [4.78, 5) is 16.7. The topological polar surface area (TPSA) is 63.2 Å². The molecule has 4 rings (SSSR count). The van der Waals surface area contributed by atoms with Gasteiger partial charge in [0.1, 0.15) is 12.1 Å². The molecule has 1 N–H and O–H groups in total. The second-order valence-electron chi connectivity index (χ2n) is 5.67. The average Bonchev–Trinajstić information content (AvgIpc) is 3.00. The summed E-state index contributed by atoms with van der Waals surface area (Å²) in [5.41, 5.74) is 1.24. The molecule has 0 amide bonds. The summed E-state index contributed by atoms with van der Waals surface area (Å²) in [7, 11) is 0. The van der Waals surface area contributed by atoms with Gasteiger partial charge in [-0.3, -0.25) is 0 Å². The molecule has 0 radical (unpaired) electrons. The van der Waals surface area contributed by atoms with Crippen molar-refractivity contribution in [3.8, 4) is 0 Å². The van der Waals surface area contributed by atoms with E-state index < -0.39 is 0 Å². The molecule has 116 valence electrons. The van der Waals surface area contributed by atoms with Crippen molar-refractivity contribution in [2.75, 3.05) is 29.9 Å². The summed E-state index contributed by atoms with van der Waals surface area (Å²) < 4.78 is 5.51. The van der Waals surface area contributed by atoms with Crippen molar-refractivity contribution in [1.82, 2.24) is 15.0 Å². The van der Waals surface area contributed by atoms with Gasteiger partial charge in [-0.2, -0.15) is 0 Å². The van der Waals surface area contributed by atoms with Crippen LogP contribution in [0.3, 0.4) is 0 Å². The van der Waals surface area contributed by atoms with E-state index in [-0.39, 0.29) is 0 Å². The van der Waals surface area contributed by atoms with E-state index in [4.69, 9.17) is 9.72 Å². The Hall–Kier alpha value is -1.73. The largest absolute Gasteiger partial charge is 0.375 e. The number of fused-ring (bicyclic) bond motifs is 1. The third-order valence-electron chi connectivity index (χ3n) is 4.18. The minimum atomic E-state index is 0.476. The van der Waals surface area contributed by atoms with Gasteiger partial charge in [-0.05, 0) is 18.9 Å². The second-order valence-corrected chi connectivity index (χ2v) is 6.73. The van der Waals surface area contributed by atoms with Crippen LogP contribution in [0, 0.1) is 0 Å². The van der Waals surface area contributed by atoms with Gasteiger partial charge in [0.15, 0.2) is 5.13 Å². The number of nitrogens with one attached hydrogen (secondary N) is 1. The Morgan fingerprint density at radius 1 is 1.32 bits per heavy atom. The molecule has 2 aromatic rings. The SMILES string of the molecule is c1cc(NC2CCN(c3nc4c(s3)COCC4)CC2)ncn1. The predicted octanol–water partition coefficient (Wildman–Crippen LogP) is 2.09. The molecule has 0 bridgehead atoms. The number of hydrogen-bond donors (Lipinski definition) is 1. The lowest BCUT2D eigenvalue weighted by molar-refractivity contribution is 0.112. The molecule has 0 atom stereocenters. The van der Waals surface area contributed by atoms with Crippen molar-refractivity contribution in [3.05, 3.63) is 29.2 Å². The Morgan fingerprint density at radius 3 is 3.00 bits per heavy atom. The van der Waals surface area contributed by atoms with Gasteiger partial charge in [0.05, 0.1) is 23.8 Å². The van der Waals surface area contributed by atoms with Crippen LogP contribution in [0.4, 0.5) is 10.9 Å². The van der Waals surface area contributed by atoms with Gasteiger partial charge < -0.3 is 15.0 Å². The Labute approximate surface area is 133 Å². The molecule has 1 fully saturated rings. The Morgan fingerprint density at radius 2 is 2.23 bits per heavy atom. The van der Waals surface area contributed by atoms with Gasteiger partial charge in [-0.25, -0.2) is 15.0 Å². The quantitative estimate of drug-likeness (QED) is 0.935. The van der Waals surface area contributed by atoms with Crippen molar-refractivity contribution in [3.63, 3.8) is 0 Å². The first-order valence-electron chi connectivity index (χ1n) is 7.72. The normalized spacial score (nSPS) is 19.0. The molecule has 1 saturated heterocycles. The predicted molar refractivity (Wildman–Crippen MR) is 86.4 cm³/mol. The zero-order valence-corrected chi connectivity index (χ0v) is 13.2. The van der Waals surface area contributed by atoms with Crippen LogP contribution in [0.15, 0.2) is 18.6 Å². The van der Waals surface area contributed by atoms with Gasteiger partial charge in [0, 0.05) is 31.7 Å². The van der Waals surface area contributed by atoms with E-state index in [1.54, 1.807) is 23.9 Å². The van der Waals surface area contributed by atoms with Crippen LogP contribution in [0.25, 0.3) is 0 Å². The van der Waals surface area contributed by atoms with Crippen LogP contribution >= 0.6 is 11.3 Å². The molecular formula is C15H19N5OS. The molecular weight excluding hydrogens is 298 g/mol. The standard InChI is InChI=1S/C15H19N5OS/c1-5-16-10-17-14(1)18-11-2-6-20(7-3-11)15-19-12-4-8-21-9-13(12)22-15/h1,5,10-11H,2-4,6-9H2,(H,16,17,18). The molecule has 22 heavy (non-hydrogen) atoms. The molecule has 0 unspecified atom stereocenters. The lowest BCUT2D eigenvalue weighted by Crippen LogP contribution is -2.39. The van der Waals surface area contributed by atoms with E-state index in [1.165, 1.54) is 10.6 Å². The van der Waals surface area contributed by atoms with Gasteiger partial charge in [-0.1, -0.05) is 11.3 Å². The van der Waals surface area contributed by atoms with E-state index in [0.717, 1.165) is 56.5 Å². The van der Waals surface area contributed by atoms with Crippen molar-refractivity contribution >= 4 is 22.3 Å². The maximum absolute atomic E-state index is 5.51. The first kappa shape index (κ1) is 13.9. The number of rotatable bonds is 3. The molecule has 2 aromatic heterocycles. The third kappa shape index (κ3) is 2.91. The van der Waals surface area contributed by atoms with Crippen molar-refractivity contribution in [2.24, 2.45) is 0 Å². The molecule has 0 aliphatic carbocycles. The number of nitrogens with zero attached hydrogens (tertiary/aromatic N) is 4. The van der Waals surface area contributed by atoms with Gasteiger partial charge in [0.2, 0.25) is 0 Å². The van der Waals surface area contributed by atoms with E-state index in [1.807, 2.05) is 6.07 Å². The Bertz CT molecular complexity index is 601. The van der Waals surface area contributed by atoms with Crippen LogP contribution in [0.1, 0.15) is 23.4 Å². The fourth-order valence-electron chi connectivity index (χ4n) is 2.95. The highest BCUT2D eigenvalue weighted by molar-refractivity contribution is 7.15. The van der Waals surface area contributed by atoms with Gasteiger partial charge >= 0.3 is 0 Å². The van der Waals surface area contributed by atoms with E-state index in [9.17, 15) is 0 Å². The van der Waals surface area contributed by atoms with Crippen LogP contribution in [0.5, 0.6) is 0 Å². The van der Waals surface area contributed by atoms with Crippen LogP contribution in [-0.2, 0) is 17.8 Å². The molecule has 4 heterocycles. The summed E-state index contributed by atoms with van der Waals surface area (Å²) in [6, 6.07) is 2.39. The lowest BCUT2D eigenvalue weighted by Gasteiger charge is -2.32. The zero-order chi connectivity index (χ0) is 14.8. The van der Waals surface area contributed by atoms with E-state index in [2.05, 4.69) is 20.2 Å². The number of anilines is 2. The summed E-state index contributed by atoms with van der Waals surface area (Å²) >= 11 is 1.80. The van der Waals surface area contributed by atoms with Crippen molar-refractivity contribution in [1.29, 1.82) is 0 Å². The zero-order valence-electron chi connectivity index (χ0n) is 12.4. The smallest absolute Gasteiger partial charge is 0.185 e. The van der Waals surface area contributed by atoms with Gasteiger partial charge in [-0.15, -0.1) is 0 Å². The highest BCUT2D eigenvalue weighted by atomic mass is 32.1. The Kier molecular flexibility index (Phi) is 3.90. The highest BCUT2D eigenvalue weighted by Gasteiger charge is 2.24. The molecule has 6 nitrogen and oxygen atoms in total. The summed E-state index contributed by atoms with van der Waals surface area (Å²) in [6.45, 7) is 3.62. The number of piperidine rings is 1. The number of thiazole rings is 1. The summed E-state index contributed by atoms with van der Waals surface area (Å²) in [5, 5.41) is 4.65. The summed E-state index contributed by atoms with van der Waals surface area (Å²) in [6.07, 6.45) is 6.51. The van der Waals surface area contributed by atoms with Crippen LogP contribution in [-0.4, -0.2) is 40.7 Å². The number of aromatic nitrogens is 3. The fourth-order valence-corrected chi connectivity index (χ4v) is 4.04. The number of ether oxygens (including phenoxy) is 1.